The third kappa shape index (κ3) is 9.52. The first-order valence-electron chi connectivity index (χ1n) is 7.57. The molecular formula is C17H20O9. The van der Waals surface area contributed by atoms with Gasteiger partial charge in [-0.15, -0.1) is 0 Å². The molecule has 9 heteroatoms. The highest BCUT2D eigenvalue weighted by Crippen LogP contribution is 2.12. The number of hydrogen-bond donors (Lipinski definition) is 3. The fourth-order valence-electron chi connectivity index (χ4n) is 1.52. The number of rotatable bonds is 7. The number of benzene rings is 1. The first-order chi connectivity index (χ1) is 12.3. The molecule has 3 rings (SSSR count). The minimum atomic E-state index is -1.23. The summed E-state index contributed by atoms with van der Waals surface area (Å²) in [6.45, 7) is 6.22. The Labute approximate surface area is 149 Å². The van der Waals surface area contributed by atoms with Crippen molar-refractivity contribution in [1.29, 1.82) is 0 Å². The second kappa shape index (κ2) is 11.0. The van der Waals surface area contributed by atoms with Gasteiger partial charge in [-0.2, -0.15) is 0 Å². The van der Waals surface area contributed by atoms with Crippen molar-refractivity contribution >= 4 is 17.9 Å². The van der Waals surface area contributed by atoms with E-state index in [9.17, 15) is 14.4 Å². The number of carbonyl (C=O) groups is 3. The van der Waals surface area contributed by atoms with Crippen LogP contribution in [0, 0.1) is 0 Å². The Hall–Kier alpha value is -2.75. The van der Waals surface area contributed by atoms with Gasteiger partial charge in [0, 0.05) is 6.08 Å². The molecule has 0 aliphatic carbocycles. The highest BCUT2D eigenvalue weighted by atomic mass is 16.6. The molecule has 0 amide bonds. The molecule has 2 fully saturated rings. The maximum atomic E-state index is 10.5. The second-order valence-corrected chi connectivity index (χ2v) is 5.15. The highest BCUT2D eigenvalue weighted by molar-refractivity contribution is 6.01. The zero-order valence-corrected chi connectivity index (χ0v) is 13.9. The average molecular weight is 368 g/mol. The van der Waals surface area contributed by atoms with Gasteiger partial charge in [0.25, 0.3) is 0 Å². The van der Waals surface area contributed by atoms with Crippen LogP contribution >= 0.6 is 0 Å². The Morgan fingerprint density at radius 3 is 1.58 bits per heavy atom. The smallest absolute Gasteiger partial charge is 0.336 e. The van der Waals surface area contributed by atoms with Crippen molar-refractivity contribution in [3.05, 3.63) is 48.0 Å². The zero-order chi connectivity index (χ0) is 19.5. The molecule has 2 aliphatic rings. The van der Waals surface area contributed by atoms with Crippen LogP contribution in [0.5, 0.6) is 0 Å². The normalized spacial score (nSPS) is 18.9. The lowest BCUT2D eigenvalue weighted by molar-refractivity contribution is -0.131. The molecular weight excluding hydrogens is 348 g/mol. The lowest BCUT2D eigenvalue weighted by Gasteiger charge is -1.98. The fourth-order valence-corrected chi connectivity index (χ4v) is 1.52. The minimum absolute atomic E-state index is 0.190. The van der Waals surface area contributed by atoms with Crippen LogP contribution in [0.15, 0.2) is 36.9 Å². The Kier molecular flexibility index (Phi) is 8.99. The maximum absolute atomic E-state index is 10.5. The molecule has 0 aromatic heterocycles. The van der Waals surface area contributed by atoms with Crippen LogP contribution in [0.4, 0.5) is 0 Å². The van der Waals surface area contributed by atoms with E-state index in [0.29, 0.717) is 12.2 Å². The number of hydrogen-bond acceptors (Lipinski definition) is 6. The zero-order valence-electron chi connectivity index (χ0n) is 13.9. The molecule has 2 heterocycles. The van der Waals surface area contributed by atoms with Crippen molar-refractivity contribution in [2.45, 2.75) is 12.2 Å². The van der Waals surface area contributed by atoms with Crippen molar-refractivity contribution in [1.82, 2.24) is 0 Å². The van der Waals surface area contributed by atoms with Crippen LogP contribution in [-0.4, -0.2) is 71.9 Å². The van der Waals surface area contributed by atoms with Crippen molar-refractivity contribution in [3.63, 3.8) is 0 Å². The lowest BCUT2D eigenvalue weighted by atomic mass is 10.1. The fraction of sp³-hybridized carbons (Fsp3) is 0.353. The summed E-state index contributed by atoms with van der Waals surface area (Å²) in [4.78, 5) is 30.2. The number of epoxide rings is 2. The summed E-state index contributed by atoms with van der Waals surface area (Å²) >= 11 is 0. The van der Waals surface area contributed by atoms with E-state index in [2.05, 4.69) is 6.58 Å². The lowest BCUT2D eigenvalue weighted by Crippen LogP contribution is -2.06. The summed E-state index contributed by atoms with van der Waals surface area (Å²) in [6.07, 6.45) is 1.62. The van der Waals surface area contributed by atoms with Gasteiger partial charge in [0.15, 0.2) is 0 Å². The number of ether oxygens (including phenoxy) is 3. The summed E-state index contributed by atoms with van der Waals surface area (Å²) in [6, 6.07) is 5.48. The highest BCUT2D eigenvalue weighted by Gasteiger charge is 2.26. The Morgan fingerprint density at radius 1 is 1.00 bits per heavy atom. The Morgan fingerprint density at radius 2 is 1.35 bits per heavy atom. The Balaban J connectivity index is 0.000000213. The van der Waals surface area contributed by atoms with Crippen LogP contribution in [0.2, 0.25) is 0 Å². The van der Waals surface area contributed by atoms with E-state index in [1.54, 1.807) is 0 Å². The summed E-state index contributed by atoms with van der Waals surface area (Å²) < 4.78 is 15.1. The molecule has 0 saturated carbocycles. The van der Waals surface area contributed by atoms with Crippen molar-refractivity contribution in [2.24, 2.45) is 0 Å². The topological polar surface area (TPSA) is 146 Å². The first-order valence-corrected chi connectivity index (χ1v) is 7.57. The van der Waals surface area contributed by atoms with Gasteiger partial charge in [0.2, 0.25) is 0 Å². The first kappa shape index (κ1) is 21.3. The molecule has 0 spiro atoms. The van der Waals surface area contributed by atoms with E-state index in [4.69, 9.17) is 29.5 Å². The summed E-state index contributed by atoms with van der Waals surface area (Å²) in [5.41, 5.74) is -0.380. The molecule has 26 heavy (non-hydrogen) atoms. The second-order valence-electron chi connectivity index (χ2n) is 5.15. The molecule has 3 N–H and O–H groups in total. The molecule has 2 unspecified atom stereocenters. The van der Waals surface area contributed by atoms with Gasteiger partial charge in [-0.3, -0.25) is 0 Å². The predicted octanol–water partition coefficient (Wildman–Crippen LogP) is 1.14. The van der Waals surface area contributed by atoms with Crippen LogP contribution in [0.1, 0.15) is 20.7 Å². The van der Waals surface area contributed by atoms with Crippen LogP contribution < -0.4 is 0 Å². The van der Waals surface area contributed by atoms with Gasteiger partial charge < -0.3 is 29.5 Å². The SMILES string of the molecule is C(OCC1CO1)C1CO1.C=CC(=O)O.O=C(O)c1ccccc1C(=O)O. The Bertz CT molecular complexity index is 588. The number of aliphatic carboxylic acids is 1. The minimum Gasteiger partial charge on any atom is -0.478 e. The summed E-state index contributed by atoms with van der Waals surface area (Å²) in [7, 11) is 0. The van der Waals surface area contributed by atoms with Gasteiger partial charge in [-0.05, 0) is 12.1 Å². The molecule has 2 aliphatic heterocycles. The van der Waals surface area contributed by atoms with E-state index in [1.807, 2.05) is 0 Å². The largest absolute Gasteiger partial charge is 0.478 e. The van der Waals surface area contributed by atoms with E-state index < -0.39 is 17.9 Å². The van der Waals surface area contributed by atoms with Gasteiger partial charge >= 0.3 is 17.9 Å². The van der Waals surface area contributed by atoms with E-state index in [0.717, 1.165) is 32.5 Å². The van der Waals surface area contributed by atoms with E-state index >= 15 is 0 Å². The standard InChI is InChI=1S/C8H6O4.C6H10O3.C3H4O2/c9-7(10)5-3-1-2-4-6(5)8(11)12;1(5-3-8-5)7-2-6-4-9-6;1-2-3(4)5/h1-4H,(H,9,10)(H,11,12);5-6H,1-4H2;2H,1H2,(H,4,5). The molecule has 2 saturated heterocycles. The number of carboxylic acid groups (broad SMARTS) is 3. The molecule has 0 bridgehead atoms. The van der Waals surface area contributed by atoms with Crippen molar-refractivity contribution in [3.8, 4) is 0 Å². The van der Waals surface area contributed by atoms with Gasteiger partial charge in [0.1, 0.15) is 12.2 Å². The average Bonchev–Trinajstić information content (AvgIpc) is 3.51. The molecule has 9 nitrogen and oxygen atoms in total. The van der Waals surface area contributed by atoms with E-state index in [1.165, 1.54) is 24.3 Å². The molecule has 142 valence electrons. The van der Waals surface area contributed by atoms with Gasteiger partial charge in [-0.1, -0.05) is 18.7 Å². The van der Waals surface area contributed by atoms with Crippen LogP contribution in [0.3, 0.4) is 0 Å². The number of aromatic carboxylic acids is 2. The third-order valence-electron chi connectivity index (χ3n) is 2.97. The van der Waals surface area contributed by atoms with Crippen molar-refractivity contribution in [2.75, 3.05) is 26.4 Å². The van der Waals surface area contributed by atoms with Crippen LogP contribution in [-0.2, 0) is 19.0 Å². The summed E-state index contributed by atoms with van der Waals surface area (Å²) in [5.74, 6) is -3.44. The maximum Gasteiger partial charge on any atom is 0.336 e. The molecule has 1 aromatic rings. The predicted molar refractivity (Wildman–Crippen MR) is 88.5 cm³/mol. The molecule has 2 atom stereocenters. The van der Waals surface area contributed by atoms with Gasteiger partial charge in [-0.25, -0.2) is 14.4 Å². The molecule has 0 radical (unpaired) electrons. The van der Waals surface area contributed by atoms with Gasteiger partial charge in [0.05, 0.1) is 37.6 Å². The number of carboxylic acids is 3. The third-order valence-corrected chi connectivity index (χ3v) is 2.97. The van der Waals surface area contributed by atoms with Crippen molar-refractivity contribution < 1.29 is 43.9 Å². The van der Waals surface area contributed by atoms with E-state index in [-0.39, 0.29) is 11.1 Å². The van der Waals surface area contributed by atoms with Crippen LogP contribution in [0.25, 0.3) is 0 Å². The molecule has 1 aromatic carbocycles. The quantitative estimate of drug-likeness (QED) is 0.476. The summed E-state index contributed by atoms with van der Waals surface area (Å²) in [5, 5.41) is 24.7. The monoisotopic (exact) mass is 368 g/mol.